The van der Waals surface area contributed by atoms with Gasteiger partial charge in [-0.3, -0.25) is 4.98 Å². The number of carbonyl (C=O) groups is 1. The van der Waals surface area contributed by atoms with E-state index in [0.29, 0.717) is 49.8 Å². The molecule has 9 nitrogen and oxygen atoms in total. The van der Waals surface area contributed by atoms with Gasteiger partial charge in [0.1, 0.15) is 22.7 Å². The highest BCUT2D eigenvalue weighted by molar-refractivity contribution is 5.98. The fourth-order valence-electron chi connectivity index (χ4n) is 4.99. The Labute approximate surface area is 232 Å². The molecule has 2 amide bonds. The Hall–Kier alpha value is -4.79. The number of urea groups is 1. The lowest BCUT2D eigenvalue weighted by Crippen LogP contribution is -2.41. The number of fused-ring (bicyclic) bond motifs is 1. The van der Waals surface area contributed by atoms with Crippen LogP contribution in [0.25, 0.3) is 22.4 Å². The van der Waals surface area contributed by atoms with E-state index in [9.17, 15) is 4.79 Å². The minimum absolute atomic E-state index is 0.0559. The summed E-state index contributed by atoms with van der Waals surface area (Å²) in [5, 5.41) is 8.21. The highest BCUT2D eigenvalue weighted by atomic mass is 16.5. The van der Waals surface area contributed by atoms with E-state index in [1.54, 1.807) is 12.4 Å². The summed E-state index contributed by atoms with van der Waals surface area (Å²) < 4.78 is 5.77. The van der Waals surface area contributed by atoms with Crippen LogP contribution in [0.2, 0.25) is 0 Å². The van der Waals surface area contributed by atoms with Crippen molar-refractivity contribution in [3.8, 4) is 11.3 Å². The summed E-state index contributed by atoms with van der Waals surface area (Å²) in [5.41, 5.74) is 5.37. The third kappa shape index (κ3) is 5.63. The third-order valence-corrected chi connectivity index (χ3v) is 7.15. The Morgan fingerprint density at radius 1 is 0.925 bits per heavy atom. The normalized spacial score (nSPS) is 13.8. The van der Waals surface area contributed by atoms with Crippen molar-refractivity contribution < 1.29 is 9.32 Å². The zero-order valence-corrected chi connectivity index (χ0v) is 22.5. The number of rotatable bonds is 6. The number of aryl methyl sites for hydroxylation is 1. The quantitative estimate of drug-likeness (QED) is 0.328. The van der Waals surface area contributed by atoms with E-state index < -0.39 is 0 Å². The van der Waals surface area contributed by atoms with Crippen molar-refractivity contribution in [2.75, 3.05) is 31.1 Å². The topological polar surface area (TPSA) is 100 Å². The number of aromatic nitrogens is 4. The van der Waals surface area contributed by atoms with Gasteiger partial charge < -0.3 is 19.6 Å². The highest BCUT2D eigenvalue weighted by Gasteiger charge is 2.26. The number of nitrogens with one attached hydrogen (secondary N) is 1. The first-order valence-corrected chi connectivity index (χ1v) is 13.6. The Balaban J connectivity index is 1.28. The van der Waals surface area contributed by atoms with Gasteiger partial charge in [0.2, 0.25) is 0 Å². The lowest BCUT2D eigenvalue weighted by atomic mass is 10.1. The number of benzene rings is 2. The smallest absolute Gasteiger partial charge is 0.317 e. The number of hydrogen-bond acceptors (Lipinski definition) is 7. The number of hydrogen-bond donors (Lipinski definition) is 1. The van der Waals surface area contributed by atoms with Crippen molar-refractivity contribution >= 4 is 22.9 Å². The first-order chi connectivity index (χ1) is 19.6. The molecule has 1 saturated heterocycles. The van der Waals surface area contributed by atoms with Crippen molar-refractivity contribution in [1.82, 2.24) is 30.3 Å². The first kappa shape index (κ1) is 25.5. The van der Waals surface area contributed by atoms with Crippen LogP contribution in [0.1, 0.15) is 28.9 Å². The highest BCUT2D eigenvalue weighted by Crippen LogP contribution is 2.34. The lowest BCUT2D eigenvalue weighted by molar-refractivity contribution is 0.201. The maximum atomic E-state index is 13.0. The van der Waals surface area contributed by atoms with Crippen LogP contribution in [0.15, 0.2) is 83.6 Å². The molecule has 1 aliphatic rings. The first-order valence-electron chi connectivity index (χ1n) is 13.6. The van der Waals surface area contributed by atoms with Crippen LogP contribution >= 0.6 is 0 Å². The maximum Gasteiger partial charge on any atom is 0.317 e. The molecule has 0 bridgehead atoms. The average Bonchev–Trinajstić information content (AvgIpc) is 3.26. The van der Waals surface area contributed by atoms with Crippen molar-refractivity contribution in [3.05, 3.63) is 102 Å². The minimum Gasteiger partial charge on any atom is -0.354 e. The Morgan fingerprint density at radius 2 is 1.77 bits per heavy atom. The zero-order chi connectivity index (χ0) is 27.3. The molecular weight excluding hydrogens is 502 g/mol. The van der Waals surface area contributed by atoms with E-state index in [2.05, 4.69) is 51.5 Å². The molecule has 0 saturated carbocycles. The minimum atomic E-state index is -0.0559. The molecular formula is C31H31N7O2. The molecule has 2 aromatic carbocycles. The molecule has 1 N–H and O–H groups in total. The second-order valence-electron chi connectivity index (χ2n) is 10.1. The molecule has 0 atom stereocenters. The molecule has 1 aliphatic heterocycles. The van der Waals surface area contributed by atoms with Crippen LogP contribution in [-0.4, -0.2) is 57.2 Å². The van der Waals surface area contributed by atoms with Gasteiger partial charge >= 0.3 is 6.03 Å². The predicted octanol–water partition coefficient (Wildman–Crippen LogP) is 5.00. The number of pyridine rings is 1. The maximum absolute atomic E-state index is 13.0. The number of amides is 2. The SMILES string of the molecule is Cc1ccc(Cc2nc(N3CCCN(C(=O)NCc4ccccc4)CC3)c3c(-c4cccnc4)noc3n2)cc1. The standard InChI is InChI=1S/C31H31N7O2/c1-22-10-12-23(13-11-22)19-26-34-29(27-28(36-40-30(27)35-26)25-9-5-14-32-21-25)37-15-6-16-38(18-17-37)31(39)33-20-24-7-3-2-4-8-24/h2-5,7-14,21H,6,15-20H2,1H3,(H,33,39). The summed E-state index contributed by atoms with van der Waals surface area (Å²) in [7, 11) is 0. The van der Waals surface area contributed by atoms with Crippen LogP contribution in [0, 0.1) is 6.92 Å². The van der Waals surface area contributed by atoms with Crippen molar-refractivity contribution in [2.45, 2.75) is 26.3 Å². The average molecular weight is 534 g/mol. The molecule has 0 radical (unpaired) electrons. The number of nitrogens with zero attached hydrogens (tertiary/aromatic N) is 6. The van der Waals surface area contributed by atoms with E-state index in [0.717, 1.165) is 40.9 Å². The van der Waals surface area contributed by atoms with Crippen LogP contribution in [-0.2, 0) is 13.0 Å². The lowest BCUT2D eigenvalue weighted by Gasteiger charge is -2.24. The van der Waals surface area contributed by atoms with Crippen molar-refractivity contribution in [1.29, 1.82) is 0 Å². The Bertz CT molecular complexity index is 1590. The monoisotopic (exact) mass is 533 g/mol. The van der Waals surface area contributed by atoms with Crippen molar-refractivity contribution in [3.63, 3.8) is 0 Å². The molecule has 40 heavy (non-hydrogen) atoms. The van der Waals surface area contributed by atoms with Crippen LogP contribution in [0.5, 0.6) is 0 Å². The molecule has 6 rings (SSSR count). The molecule has 0 spiro atoms. The van der Waals surface area contributed by atoms with Crippen molar-refractivity contribution in [2.24, 2.45) is 0 Å². The molecule has 4 heterocycles. The van der Waals surface area contributed by atoms with Crippen LogP contribution in [0.4, 0.5) is 10.6 Å². The van der Waals surface area contributed by atoms with Gasteiger partial charge in [0.15, 0.2) is 0 Å². The van der Waals surface area contributed by atoms with E-state index in [1.807, 2.05) is 47.4 Å². The fourth-order valence-corrected chi connectivity index (χ4v) is 4.99. The zero-order valence-electron chi connectivity index (χ0n) is 22.5. The van der Waals surface area contributed by atoms with Gasteiger partial charge in [0.25, 0.3) is 5.71 Å². The third-order valence-electron chi connectivity index (χ3n) is 7.15. The summed E-state index contributed by atoms with van der Waals surface area (Å²) >= 11 is 0. The summed E-state index contributed by atoms with van der Waals surface area (Å²) in [4.78, 5) is 31.2. The molecule has 5 aromatic rings. The van der Waals surface area contributed by atoms with Crippen LogP contribution in [0.3, 0.4) is 0 Å². The van der Waals surface area contributed by atoms with E-state index >= 15 is 0 Å². The Morgan fingerprint density at radius 3 is 2.58 bits per heavy atom. The summed E-state index contributed by atoms with van der Waals surface area (Å²) in [6.45, 7) is 5.20. The molecule has 3 aromatic heterocycles. The van der Waals surface area contributed by atoms with Gasteiger partial charge in [-0.2, -0.15) is 4.98 Å². The van der Waals surface area contributed by atoms with Gasteiger partial charge in [0, 0.05) is 57.1 Å². The van der Waals surface area contributed by atoms with Gasteiger partial charge in [0.05, 0.1) is 0 Å². The van der Waals surface area contributed by atoms with E-state index in [-0.39, 0.29) is 6.03 Å². The number of carbonyl (C=O) groups excluding carboxylic acids is 1. The molecule has 1 fully saturated rings. The summed E-state index contributed by atoms with van der Waals surface area (Å²) in [5.74, 6) is 1.45. The molecule has 9 heteroatoms. The fraction of sp³-hybridized carbons (Fsp3) is 0.258. The summed E-state index contributed by atoms with van der Waals surface area (Å²) in [6.07, 6.45) is 4.89. The van der Waals surface area contributed by atoms with Crippen LogP contribution < -0.4 is 10.2 Å². The number of anilines is 1. The van der Waals surface area contributed by atoms with Gasteiger partial charge in [-0.05, 0) is 36.6 Å². The van der Waals surface area contributed by atoms with E-state index in [4.69, 9.17) is 14.5 Å². The predicted molar refractivity (Wildman–Crippen MR) is 154 cm³/mol. The van der Waals surface area contributed by atoms with Gasteiger partial charge in [-0.1, -0.05) is 65.3 Å². The van der Waals surface area contributed by atoms with Gasteiger partial charge in [-0.25, -0.2) is 9.78 Å². The second kappa shape index (κ2) is 11.5. The molecule has 202 valence electrons. The Kier molecular flexibility index (Phi) is 7.34. The van der Waals surface area contributed by atoms with E-state index in [1.165, 1.54) is 5.56 Å². The second-order valence-corrected chi connectivity index (χ2v) is 10.1. The molecule has 0 aliphatic carbocycles. The molecule has 0 unspecified atom stereocenters. The summed E-state index contributed by atoms with van der Waals surface area (Å²) in [6, 6.07) is 22.1. The van der Waals surface area contributed by atoms with Gasteiger partial charge in [-0.15, -0.1) is 0 Å². The largest absolute Gasteiger partial charge is 0.354 e.